The predicted molar refractivity (Wildman–Crippen MR) is 142 cm³/mol. The zero-order chi connectivity index (χ0) is 26.1. The van der Waals surface area contributed by atoms with Gasteiger partial charge in [-0.05, 0) is 64.2 Å². The minimum atomic E-state index is -0.278. The van der Waals surface area contributed by atoms with Crippen LogP contribution in [0.15, 0.2) is 17.4 Å². The van der Waals surface area contributed by atoms with Gasteiger partial charge < -0.3 is 25.0 Å². The van der Waals surface area contributed by atoms with Crippen molar-refractivity contribution in [2.45, 2.75) is 95.1 Å². The summed E-state index contributed by atoms with van der Waals surface area (Å²) in [4.78, 5) is 21.6. The van der Waals surface area contributed by atoms with Gasteiger partial charge in [-0.3, -0.25) is 9.67 Å². The van der Waals surface area contributed by atoms with Crippen molar-refractivity contribution in [1.82, 2.24) is 30.9 Å². The number of hydrazine groups is 1. The number of aliphatic imine (C=N–C) groups is 1. The Hall–Kier alpha value is -2.76. The van der Waals surface area contributed by atoms with E-state index >= 15 is 0 Å². The van der Waals surface area contributed by atoms with E-state index < -0.39 is 0 Å². The van der Waals surface area contributed by atoms with Gasteiger partial charge in [0.15, 0.2) is 0 Å². The van der Waals surface area contributed by atoms with E-state index in [9.17, 15) is 4.79 Å². The number of amides is 1. The fourth-order valence-electron chi connectivity index (χ4n) is 5.85. The molecule has 1 amide bonds. The van der Waals surface area contributed by atoms with Gasteiger partial charge in [-0.25, -0.2) is 15.2 Å². The Morgan fingerprint density at radius 1 is 1.26 bits per heavy atom. The number of carbonyl (C=O) groups excluding carboxylic acids is 1. The molecule has 4 atom stereocenters. The number of hydrogen-bond acceptors (Lipinski definition) is 8. The van der Waals surface area contributed by atoms with Crippen LogP contribution in [-0.2, 0) is 27.9 Å². The number of fused-ring (bicyclic) bond motifs is 1. The summed E-state index contributed by atoms with van der Waals surface area (Å²) in [6, 6.07) is 0.246. The molecule has 0 spiro atoms. The normalized spacial score (nSPS) is 29.8. The molecule has 11 nitrogen and oxygen atoms in total. The van der Waals surface area contributed by atoms with E-state index in [0.717, 1.165) is 92.5 Å². The lowest BCUT2D eigenvalue weighted by Gasteiger charge is -2.18. The van der Waals surface area contributed by atoms with Gasteiger partial charge in [0, 0.05) is 43.2 Å². The molecule has 0 radical (unpaired) electrons. The second-order valence-corrected chi connectivity index (χ2v) is 11.6. The van der Waals surface area contributed by atoms with Crippen molar-refractivity contribution in [3.8, 4) is 0 Å². The van der Waals surface area contributed by atoms with Crippen molar-refractivity contribution >= 4 is 28.5 Å². The van der Waals surface area contributed by atoms with Gasteiger partial charge in [0.1, 0.15) is 17.6 Å². The average molecular weight is 526 g/mol. The van der Waals surface area contributed by atoms with Gasteiger partial charge in [0.25, 0.3) is 0 Å². The molecule has 38 heavy (non-hydrogen) atoms. The Balaban J connectivity index is 1.07. The highest BCUT2D eigenvalue weighted by Gasteiger charge is 2.41. The molecule has 2 saturated carbocycles. The fourth-order valence-corrected chi connectivity index (χ4v) is 5.85. The van der Waals surface area contributed by atoms with Crippen molar-refractivity contribution < 1.29 is 19.0 Å². The number of hydrogen-bond donors (Lipinski definition) is 3. The largest absolute Gasteiger partial charge is 0.446 e. The summed E-state index contributed by atoms with van der Waals surface area (Å²) in [6.45, 7) is 3.94. The summed E-state index contributed by atoms with van der Waals surface area (Å²) in [5, 5.41) is 8.68. The lowest BCUT2D eigenvalue weighted by Crippen LogP contribution is -2.37. The molecule has 206 valence electrons. The van der Waals surface area contributed by atoms with Gasteiger partial charge in [-0.1, -0.05) is 0 Å². The number of alkyl carbamates (subject to hydrolysis) is 1. The van der Waals surface area contributed by atoms with Crippen molar-refractivity contribution in [3.05, 3.63) is 18.1 Å². The number of aromatic nitrogens is 3. The Bertz CT molecular complexity index is 1190. The van der Waals surface area contributed by atoms with Crippen LogP contribution < -0.4 is 16.2 Å². The second kappa shape index (κ2) is 10.8. The number of aryl methyl sites for hydroxylation is 1. The van der Waals surface area contributed by atoms with Crippen LogP contribution in [0, 0.1) is 5.92 Å². The maximum atomic E-state index is 12.2. The maximum absolute atomic E-state index is 12.2. The Morgan fingerprint density at radius 2 is 2.16 bits per heavy atom. The SMILES string of the molecule is Cn1nc(COC2CCCCOC2)c2cncc(N=C3CC([C@H]4CC[C@@H](OC(=O)NC5(C)CC5)C4)NN3)c21. The van der Waals surface area contributed by atoms with Crippen LogP contribution in [0.2, 0.25) is 0 Å². The van der Waals surface area contributed by atoms with E-state index in [1.165, 1.54) is 0 Å². The van der Waals surface area contributed by atoms with E-state index in [2.05, 4.69) is 28.1 Å². The van der Waals surface area contributed by atoms with E-state index in [0.29, 0.717) is 19.1 Å². The molecule has 2 unspecified atom stereocenters. The summed E-state index contributed by atoms with van der Waals surface area (Å²) in [7, 11) is 1.94. The molecule has 6 rings (SSSR count). The smallest absolute Gasteiger partial charge is 0.407 e. The fraction of sp³-hybridized carbons (Fsp3) is 0.704. The van der Waals surface area contributed by atoms with Crippen molar-refractivity contribution in [2.24, 2.45) is 18.0 Å². The molecule has 2 aromatic heterocycles. The van der Waals surface area contributed by atoms with Crippen LogP contribution >= 0.6 is 0 Å². The molecule has 0 bridgehead atoms. The minimum Gasteiger partial charge on any atom is -0.446 e. The number of nitrogens with one attached hydrogen (secondary N) is 3. The topological polar surface area (TPSA) is 124 Å². The van der Waals surface area contributed by atoms with Gasteiger partial charge in [-0.2, -0.15) is 5.10 Å². The van der Waals surface area contributed by atoms with E-state index in [1.54, 1.807) is 6.20 Å². The number of nitrogens with zero attached hydrogens (tertiary/aromatic N) is 4. The molecular weight excluding hydrogens is 486 g/mol. The molecule has 4 heterocycles. The highest BCUT2D eigenvalue weighted by Crippen LogP contribution is 2.36. The zero-order valence-corrected chi connectivity index (χ0v) is 22.4. The number of carbonyl (C=O) groups is 1. The van der Waals surface area contributed by atoms with Crippen molar-refractivity contribution in [1.29, 1.82) is 0 Å². The molecule has 4 aliphatic rings. The second-order valence-electron chi connectivity index (χ2n) is 11.6. The third kappa shape index (κ3) is 5.79. The highest BCUT2D eigenvalue weighted by molar-refractivity contribution is 5.95. The standard InChI is InChI=1S/C27H39N7O4/c1-27(8-9-27)30-26(35)38-18-7-6-17(11-18)21-12-24(32-31-21)29-22-14-28-13-20-23(33-34(2)25(20)22)16-37-19-5-3-4-10-36-15-19/h13-14,17-19,21,31H,3-12,15-16H2,1-2H3,(H,29,32)(H,30,35)/t17-,18+,19?,21?/m0/s1. The lowest BCUT2D eigenvalue weighted by molar-refractivity contribution is -0.0168. The van der Waals surface area contributed by atoms with Gasteiger partial charge >= 0.3 is 6.09 Å². The van der Waals surface area contributed by atoms with Crippen LogP contribution in [0.5, 0.6) is 0 Å². The maximum Gasteiger partial charge on any atom is 0.407 e. The number of pyridine rings is 1. The molecule has 4 fully saturated rings. The average Bonchev–Trinajstić information content (AvgIpc) is 3.15. The van der Waals surface area contributed by atoms with Crippen LogP contribution in [0.1, 0.15) is 70.4 Å². The molecule has 2 aromatic rings. The third-order valence-corrected chi connectivity index (χ3v) is 8.37. The predicted octanol–water partition coefficient (Wildman–Crippen LogP) is 3.40. The Labute approximate surface area is 223 Å². The van der Waals surface area contributed by atoms with Crippen LogP contribution in [0.3, 0.4) is 0 Å². The van der Waals surface area contributed by atoms with Crippen molar-refractivity contribution in [2.75, 3.05) is 13.2 Å². The van der Waals surface area contributed by atoms with E-state index in [4.69, 9.17) is 24.3 Å². The zero-order valence-electron chi connectivity index (χ0n) is 22.4. The highest BCUT2D eigenvalue weighted by atomic mass is 16.6. The van der Waals surface area contributed by atoms with Crippen molar-refractivity contribution in [3.63, 3.8) is 0 Å². The number of rotatable bonds is 7. The van der Waals surface area contributed by atoms with Gasteiger partial charge in [0.05, 0.1) is 36.7 Å². The summed E-state index contributed by atoms with van der Waals surface area (Å²) in [6.07, 6.45) is 12.3. The first kappa shape index (κ1) is 25.5. The molecule has 11 heteroatoms. The summed E-state index contributed by atoms with van der Waals surface area (Å²) in [5.74, 6) is 1.30. The number of ether oxygens (including phenoxy) is 3. The van der Waals surface area contributed by atoms with Gasteiger partial charge in [0.2, 0.25) is 0 Å². The first-order valence-corrected chi connectivity index (χ1v) is 14.0. The number of amidine groups is 1. The molecule has 3 N–H and O–H groups in total. The quantitative estimate of drug-likeness (QED) is 0.503. The monoisotopic (exact) mass is 525 g/mol. The van der Waals surface area contributed by atoms with Crippen LogP contribution in [0.4, 0.5) is 10.5 Å². The molecule has 2 saturated heterocycles. The first-order chi connectivity index (χ1) is 18.5. The summed E-state index contributed by atoms with van der Waals surface area (Å²) >= 11 is 0. The first-order valence-electron chi connectivity index (χ1n) is 14.0. The summed E-state index contributed by atoms with van der Waals surface area (Å²) in [5.41, 5.74) is 9.22. The minimum absolute atomic E-state index is 0.0253. The van der Waals surface area contributed by atoms with E-state index in [1.807, 2.05) is 17.9 Å². The van der Waals surface area contributed by atoms with Gasteiger partial charge in [-0.15, -0.1) is 0 Å². The van der Waals surface area contributed by atoms with Crippen LogP contribution in [0.25, 0.3) is 10.9 Å². The third-order valence-electron chi connectivity index (χ3n) is 8.37. The van der Waals surface area contributed by atoms with E-state index in [-0.39, 0.29) is 29.9 Å². The molecular formula is C27H39N7O4. The molecule has 2 aliphatic heterocycles. The molecule has 2 aliphatic carbocycles. The van der Waals surface area contributed by atoms with Crippen LogP contribution in [-0.4, -0.2) is 63.7 Å². The molecule has 0 aromatic carbocycles. The Kier molecular flexibility index (Phi) is 7.24. The lowest BCUT2D eigenvalue weighted by atomic mass is 9.96. The summed E-state index contributed by atoms with van der Waals surface area (Å²) < 4.78 is 19.4. The Morgan fingerprint density at radius 3 is 3.03 bits per heavy atom.